The molecule has 1 rings (SSSR count). The van der Waals surface area contributed by atoms with Gasteiger partial charge in [0.2, 0.25) is 0 Å². The van der Waals surface area contributed by atoms with Crippen LogP contribution in [-0.2, 0) is 0 Å². The van der Waals surface area contributed by atoms with Crippen LogP contribution in [0.3, 0.4) is 0 Å². The van der Waals surface area contributed by atoms with Crippen molar-refractivity contribution in [2.24, 2.45) is 10.4 Å². The molecular weight excluding hydrogens is 353 g/mol. The van der Waals surface area contributed by atoms with Crippen LogP contribution in [0.25, 0.3) is 0 Å². The van der Waals surface area contributed by atoms with E-state index < -0.39 is 0 Å². The third kappa shape index (κ3) is 6.61. The number of aliphatic hydroxyl groups excluding tert-OH is 1. The van der Waals surface area contributed by atoms with Crippen molar-refractivity contribution in [2.45, 2.75) is 32.6 Å². The second-order valence-corrected chi connectivity index (χ2v) is 5.18. The molecule has 0 aromatic heterocycles. The first-order chi connectivity index (χ1) is 8.67. The van der Waals surface area contributed by atoms with Crippen LogP contribution in [-0.4, -0.2) is 49.3 Å². The van der Waals surface area contributed by atoms with Gasteiger partial charge in [0.05, 0.1) is 13.2 Å². The van der Waals surface area contributed by atoms with Gasteiger partial charge < -0.3 is 15.3 Å². The highest BCUT2D eigenvalue weighted by Crippen LogP contribution is 2.45. The normalized spacial score (nSPS) is 16.5. The highest BCUT2D eigenvalue weighted by molar-refractivity contribution is 14.0. The quantitative estimate of drug-likeness (QED) is 0.223. The van der Waals surface area contributed by atoms with Crippen molar-refractivity contribution in [1.29, 1.82) is 0 Å². The van der Waals surface area contributed by atoms with Gasteiger partial charge in [-0.25, -0.2) is 0 Å². The van der Waals surface area contributed by atoms with E-state index in [1.165, 1.54) is 0 Å². The van der Waals surface area contributed by atoms with E-state index >= 15 is 0 Å². The molecular formula is C14H28IN3O. The molecule has 0 radical (unpaired) electrons. The van der Waals surface area contributed by atoms with Gasteiger partial charge in [0, 0.05) is 25.6 Å². The summed E-state index contributed by atoms with van der Waals surface area (Å²) >= 11 is 0. The van der Waals surface area contributed by atoms with E-state index in [-0.39, 0.29) is 36.0 Å². The Morgan fingerprint density at radius 2 is 2.21 bits per heavy atom. The standard InChI is InChI=1S/C14H27N3O.HI/c1-4-6-7-10-17(3)13(15-5-2)16-11-14(12-18)8-9-14;/h4,18H,1,5-12H2,2-3H3,(H,15,16);1H. The van der Waals surface area contributed by atoms with E-state index in [1.54, 1.807) is 0 Å². The Bertz CT molecular complexity index is 290. The van der Waals surface area contributed by atoms with Crippen LogP contribution in [0, 0.1) is 5.41 Å². The Kier molecular flexibility index (Phi) is 9.43. The molecule has 0 spiro atoms. The van der Waals surface area contributed by atoms with Crippen molar-refractivity contribution in [2.75, 3.05) is 33.3 Å². The van der Waals surface area contributed by atoms with E-state index in [4.69, 9.17) is 0 Å². The van der Waals surface area contributed by atoms with Gasteiger partial charge in [-0.2, -0.15) is 0 Å². The minimum atomic E-state index is 0. The van der Waals surface area contributed by atoms with Gasteiger partial charge >= 0.3 is 0 Å². The number of guanidine groups is 1. The van der Waals surface area contributed by atoms with Gasteiger partial charge in [0.15, 0.2) is 5.96 Å². The number of nitrogens with zero attached hydrogens (tertiary/aromatic N) is 2. The third-order valence-corrected chi connectivity index (χ3v) is 3.45. The average Bonchev–Trinajstić information content (AvgIpc) is 3.15. The minimum Gasteiger partial charge on any atom is -0.396 e. The minimum absolute atomic E-state index is 0. The first kappa shape index (κ1) is 18.7. The van der Waals surface area contributed by atoms with Gasteiger partial charge in [0.25, 0.3) is 0 Å². The van der Waals surface area contributed by atoms with E-state index in [2.05, 4.69) is 35.8 Å². The monoisotopic (exact) mass is 381 g/mol. The van der Waals surface area contributed by atoms with Crippen LogP contribution in [0.1, 0.15) is 32.6 Å². The second kappa shape index (κ2) is 9.58. The predicted molar refractivity (Wildman–Crippen MR) is 92.2 cm³/mol. The summed E-state index contributed by atoms with van der Waals surface area (Å²) in [4.78, 5) is 6.80. The Balaban J connectivity index is 0.00000324. The van der Waals surface area contributed by atoms with Crippen molar-refractivity contribution >= 4 is 29.9 Å². The molecule has 1 aliphatic rings. The Morgan fingerprint density at radius 1 is 1.53 bits per heavy atom. The lowest BCUT2D eigenvalue weighted by molar-refractivity contribution is 0.216. The van der Waals surface area contributed by atoms with Crippen molar-refractivity contribution in [3.63, 3.8) is 0 Å². The van der Waals surface area contributed by atoms with Crippen molar-refractivity contribution in [1.82, 2.24) is 10.2 Å². The fraction of sp³-hybridized carbons (Fsp3) is 0.786. The van der Waals surface area contributed by atoms with Crippen LogP contribution >= 0.6 is 24.0 Å². The molecule has 112 valence electrons. The summed E-state index contributed by atoms with van der Waals surface area (Å²) in [5.74, 6) is 0.946. The SMILES string of the molecule is C=CCCCN(C)C(=NCC1(CO)CC1)NCC.I. The van der Waals surface area contributed by atoms with E-state index in [0.717, 1.165) is 51.3 Å². The fourth-order valence-electron chi connectivity index (χ4n) is 1.83. The largest absolute Gasteiger partial charge is 0.396 e. The number of unbranched alkanes of at least 4 members (excludes halogenated alkanes) is 1. The van der Waals surface area contributed by atoms with Crippen LogP contribution in [0.2, 0.25) is 0 Å². The lowest BCUT2D eigenvalue weighted by Gasteiger charge is -2.22. The molecule has 4 nitrogen and oxygen atoms in total. The maximum Gasteiger partial charge on any atom is 0.193 e. The van der Waals surface area contributed by atoms with Crippen LogP contribution in [0.15, 0.2) is 17.6 Å². The van der Waals surface area contributed by atoms with Gasteiger partial charge in [-0.05, 0) is 32.6 Å². The number of halogens is 1. The molecule has 0 saturated heterocycles. The van der Waals surface area contributed by atoms with Crippen molar-refractivity contribution < 1.29 is 5.11 Å². The number of rotatable bonds is 8. The number of nitrogens with one attached hydrogen (secondary N) is 1. The van der Waals surface area contributed by atoms with Gasteiger partial charge in [-0.1, -0.05) is 6.08 Å². The highest BCUT2D eigenvalue weighted by atomic mass is 127. The lowest BCUT2D eigenvalue weighted by atomic mass is 10.1. The molecule has 0 aliphatic heterocycles. The molecule has 0 aromatic rings. The molecule has 0 aromatic carbocycles. The molecule has 0 atom stereocenters. The second-order valence-electron chi connectivity index (χ2n) is 5.18. The predicted octanol–water partition coefficient (Wildman–Crippen LogP) is 2.24. The molecule has 0 heterocycles. The topological polar surface area (TPSA) is 47.9 Å². The summed E-state index contributed by atoms with van der Waals surface area (Å²) in [6, 6.07) is 0. The molecule has 0 unspecified atom stereocenters. The fourth-order valence-corrected chi connectivity index (χ4v) is 1.83. The van der Waals surface area contributed by atoms with Crippen molar-refractivity contribution in [3.8, 4) is 0 Å². The maximum absolute atomic E-state index is 9.30. The highest BCUT2D eigenvalue weighted by Gasteiger charge is 2.41. The first-order valence-corrected chi connectivity index (χ1v) is 6.88. The molecule has 19 heavy (non-hydrogen) atoms. The third-order valence-electron chi connectivity index (χ3n) is 3.45. The zero-order chi connectivity index (χ0) is 13.4. The first-order valence-electron chi connectivity index (χ1n) is 6.88. The molecule has 0 amide bonds. The smallest absolute Gasteiger partial charge is 0.193 e. The van der Waals surface area contributed by atoms with E-state index in [1.807, 2.05) is 6.08 Å². The van der Waals surface area contributed by atoms with Crippen molar-refractivity contribution in [3.05, 3.63) is 12.7 Å². The summed E-state index contributed by atoms with van der Waals surface area (Å²) in [7, 11) is 2.06. The Labute approximate surface area is 134 Å². The molecule has 0 bridgehead atoms. The number of aliphatic hydroxyl groups is 1. The van der Waals surface area contributed by atoms with Gasteiger partial charge in [-0.3, -0.25) is 4.99 Å². The van der Waals surface area contributed by atoms with Gasteiger partial charge in [0.1, 0.15) is 0 Å². The average molecular weight is 381 g/mol. The summed E-state index contributed by atoms with van der Waals surface area (Å²) < 4.78 is 0. The lowest BCUT2D eigenvalue weighted by Crippen LogP contribution is -2.40. The van der Waals surface area contributed by atoms with Gasteiger partial charge in [-0.15, -0.1) is 30.6 Å². The number of hydrogen-bond acceptors (Lipinski definition) is 2. The van der Waals surface area contributed by atoms with E-state index in [0.29, 0.717) is 0 Å². The maximum atomic E-state index is 9.30. The molecule has 1 saturated carbocycles. The van der Waals surface area contributed by atoms with E-state index in [9.17, 15) is 5.11 Å². The van der Waals surface area contributed by atoms with Crippen LogP contribution in [0.4, 0.5) is 0 Å². The van der Waals surface area contributed by atoms with Crippen LogP contribution in [0.5, 0.6) is 0 Å². The number of hydrogen-bond donors (Lipinski definition) is 2. The number of aliphatic imine (C=N–C) groups is 1. The zero-order valence-corrected chi connectivity index (χ0v) is 14.5. The summed E-state index contributed by atoms with van der Waals surface area (Å²) in [5, 5.41) is 12.6. The zero-order valence-electron chi connectivity index (χ0n) is 12.2. The molecule has 1 fully saturated rings. The summed E-state index contributed by atoms with van der Waals surface area (Å²) in [6.45, 7) is 8.65. The Hall–Kier alpha value is -0.300. The molecule has 5 heteroatoms. The van der Waals surface area contributed by atoms with Crippen LogP contribution < -0.4 is 5.32 Å². The Morgan fingerprint density at radius 3 is 2.68 bits per heavy atom. The number of allylic oxidation sites excluding steroid dienone is 1. The molecule has 1 aliphatic carbocycles. The molecule has 2 N–H and O–H groups in total. The summed E-state index contributed by atoms with van der Waals surface area (Å²) in [5.41, 5.74) is 0.0859. The summed E-state index contributed by atoms with van der Waals surface area (Å²) in [6.07, 6.45) is 6.28.